The molecule has 0 radical (unpaired) electrons. The highest BCUT2D eigenvalue weighted by Crippen LogP contribution is 2.10. The second-order valence-corrected chi connectivity index (χ2v) is 2.92. The summed E-state index contributed by atoms with van der Waals surface area (Å²) in [6, 6.07) is 6.63. The predicted molar refractivity (Wildman–Crippen MR) is 50.5 cm³/mol. The van der Waals surface area contributed by atoms with Gasteiger partial charge in [0.1, 0.15) is 11.5 Å². The van der Waals surface area contributed by atoms with Crippen LogP contribution in [0.4, 0.5) is 0 Å². The molecular formula is C10H13NO2. The number of rotatable bonds is 4. The monoisotopic (exact) mass is 179 g/mol. The Labute approximate surface area is 77.2 Å². The van der Waals surface area contributed by atoms with E-state index in [1.54, 1.807) is 24.3 Å². The van der Waals surface area contributed by atoms with Gasteiger partial charge in [-0.2, -0.15) is 0 Å². The first kappa shape index (κ1) is 9.74. The quantitative estimate of drug-likeness (QED) is 0.720. The first-order valence-electron chi connectivity index (χ1n) is 4.22. The number of aromatic hydroxyl groups is 1. The number of carbonyl (C=O) groups excluding carboxylic acids is 1. The Morgan fingerprint density at radius 1 is 1.31 bits per heavy atom. The van der Waals surface area contributed by atoms with Crippen molar-refractivity contribution in [1.29, 1.82) is 0 Å². The van der Waals surface area contributed by atoms with Gasteiger partial charge in [-0.1, -0.05) is 12.1 Å². The summed E-state index contributed by atoms with van der Waals surface area (Å²) in [5.74, 6) is 0.350. The Kier molecular flexibility index (Phi) is 3.46. The maximum Gasteiger partial charge on any atom is 0.138 e. The lowest BCUT2D eigenvalue weighted by Crippen LogP contribution is -2.09. The molecule has 0 aliphatic carbocycles. The van der Waals surface area contributed by atoms with Gasteiger partial charge in [-0.3, -0.25) is 4.79 Å². The molecule has 1 rings (SSSR count). The summed E-state index contributed by atoms with van der Waals surface area (Å²) >= 11 is 0. The van der Waals surface area contributed by atoms with Crippen molar-refractivity contribution in [2.45, 2.75) is 12.8 Å². The van der Waals surface area contributed by atoms with Gasteiger partial charge in [0.05, 0.1) is 0 Å². The Bertz CT molecular complexity index is 279. The molecule has 0 amide bonds. The van der Waals surface area contributed by atoms with Gasteiger partial charge in [-0.25, -0.2) is 0 Å². The van der Waals surface area contributed by atoms with Gasteiger partial charge in [0, 0.05) is 12.8 Å². The van der Waals surface area contributed by atoms with E-state index in [2.05, 4.69) is 0 Å². The third-order valence-corrected chi connectivity index (χ3v) is 1.76. The standard InChI is InChI=1S/C10H13NO2/c11-6-5-10(13)7-8-1-3-9(12)4-2-8/h1-4,12H,5-7,11H2. The van der Waals surface area contributed by atoms with Crippen LogP contribution in [0.25, 0.3) is 0 Å². The number of benzene rings is 1. The van der Waals surface area contributed by atoms with Crippen molar-refractivity contribution in [3.63, 3.8) is 0 Å². The maximum atomic E-state index is 11.2. The Morgan fingerprint density at radius 2 is 1.92 bits per heavy atom. The number of Topliss-reactive ketones (excluding diaryl/α,β-unsaturated/α-hetero) is 1. The highest BCUT2D eigenvalue weighted by molar-refractivity contribution is 5.81. The minimum absolute atomic E-state index is 0.133. The van der Waals surface area contributed by atoms with Crippen LogP contribution in [0.3, 0.4) is 0 Å². The zero-order valence-corrected chi connectivity index (χ0v) is 7.36. The van der Waals surface area contributed by atoms with Crippen molar-refractivity contribution in [2.24, 2.45) is 5.73 Å². The number of hydrogen-bond donors (Lipinski definition) is 2. The zero-order chi connectivity index (χ0) is 9.68. The summed E-state index contributed by atoms with van der Waals surface area (Å²) in [5.41, 5.74) is 6.16. The summed E-state index contributed by atoms with van der Waals surface area (Å²) in [6.07, 6.45) is 0.818. The van der Waals surface area contributed by atoms with Crippen molar-refractivity contribution >= 4 is 5.78 Å². The van der Waals surface area contributed by atoms with Crippen molar-refractivity contribution < 1.29 is 9.90 Å². The lowest BCUT2D eigenvalue weighted by molar-refractivity contribution is -0.118. The number of nitrogens with two attached hydrogens (primary N) is 1. The largest absolute Gasteiger partial charge is 0.508 e. The SMILES string of the molecule is NCCC(=O)Cc1ccc(O)cc1. The number of phenolic OH excluding ortho intramolecular Hbond substituents is 1. The second kappa shape index (κ2) is 4.62. The van der Waals surface area contributed by atoms with Crippen LogP contribution in [-0.4, -0.2) is 17.4 Å². The lowest BCUT2D eigenvalue weighted by Gasteiger charge is -1.99. The summed E-state index contributed by atoms with van der Waals surface area (Å²) in [4.78, 5) is 11.2. The number of hydrogen-bond acceptors (Lipinski definition) is 3. The minimum atomic E-state index is 0.133. The minimum Gasteiger partial charge on any atom is -0.508 e. The molecule has 1 aromatic rings. The molecule has 0 saturated heterocycles. The molecule has 0 aliphatic heterocycles. The highest BCUT2D eigenvalue weighted by Gasteiger charge is 2.01. The normalized spacial score (nSPS) is 9.92. The Hall–Kier alpha value is -1.35. The first-order chi connectivity index (χ1) is 6.22. The van der Waals surface area contributed by atoms with E-state index in [1.807, 2.05) is 0 Å². The molecule has 0 fully saturated rings. The van der Waals surface area contributed by atoms with Gasteiger partial charge in [-0.15, -0.1) is 0 Å². The van der Waals surface area contributed by atoms with Crippen LogP contribution in [0.1, 0.15) is 12.0 Å². The average molecular weight is 179 g/mol. The molecule has 3 heteroatoms. The van der Waals surface area contributed by atoms with Gasteiger partial charge in [-0.05, 0) is 24.2 Å². The molecule has 0 saturated carbocycles. The smallest absolute Gasteiger partial charge is 0.138 e. The molecule has 0 spiro atoms. The van der Waals surface area contributed by atoms with Crippen LogP contribution in [0.5, 0.6) is 5.75 Å². The fourth-order valence-corrected chi connectivity index (χ4v) is 1.09. The third kappa shape index (κ3) is 3.25. The summed E-state index contributed by atoms with van der Waals surface area (Å²) in [6.45, 7) is 0.400. The molecule has 13 heavy (non-hydrogen) atoms. The van der Waals surface area contributed by atoms with E-state index in [1.165, 1.54) is 0 Å². The molecular weight excluding hydrogens is 166 g/mol. The van der Waals surface area contributed by atoms with E-state index in [0.29, 0.717) is 19.4 Å². The fourth-order valence-electron chi connectivity index (χ4n) is 1.09. The summed E-state index contributed by atoms with van der Waals surface area (Å²) in [7, 11) is 0. The van der Waals surface area contributed by atoms with E-state index < -0.39 is 0 Å². The summed E-state index contributed by atoms with van der Waals surface area (Å²) < 4.78 is 0. The van der Waals surface area contributed by atoms with Gasteiger partial charge >= 0.3 is 0 Å². The number of phenols is 1. The van der Waals surface area contributed by atoms with Crippen molar-refractivity contribution in [3.8, 4) is 5.75 Å². The lowest BCUT2D eigenvalue weighted by atomic mass is 10.1. The van der Waals surface area contributed by atoms with Crippen molar-refractivity contribution in [2.75, 3.05) is 6.54 Å². The van der Waals surface area contributed by atoms with E-state index in [4.69, 9.17) is 10.8 Å². The van der Waals surface area contributed by atoms with E-state index >= 15 is 0 Å². The van der Waals surface area contributed by atoms with Crippen LogP contribution in [0.15, 0.2) is 24.3 Å². The molecule has 0 bridgehead atoms. The maximum absolute atomic E-state index is 11.2. The van der Waals surface area contributed by atoms with Gasteiger partial charge < -0.3 is 10.8 Å². The first-order valence-corrected chi connectivity index (χ1v) is 4.22. The van der Waals surface area contributed by atoms with Crippen LogP contribution in [0.2, 0.25) is 0 Å². The molecule has 0 aliphatic rings. The van der Waals surface area contributed by atoms with E-state index in [9.17, 15) is 4.79 Å². The third-order valence-electron chi connectivity index (χ3n) is 1.76. The van der Waals surface area contributed by atoms with Crippen LogP contribution >= 0.6 is 0 Å². The van der Waals surface area contributed by atoms with Crippen LogP contribution < -0.4 is 5.73 Å². The van der Waals surface area contributed by atoms with Crippen molar-refractivity contribution in [3.05, 3.63) is 29.8 Å². The van der Waals surface area contributed by atoms with Gasteiger partial charge in [0.25, 0.3) is 0 Å². The van der Waals surface area contributed by atoms with E-state index in [0.717, 1.165) is 5.56 Å². The predicted octanol–water partition coefficient (Wildman–Crippen LogP) is 0.853. The van der Waals surface area contributed by atoms with Gasteiger partial charge in [0.15, 0.2) is 0 Å². The molecule has 0 heterocycles. The van der Waals surface area contributed by atoms with Gasteiger partial charge in [0.2, 0.25) is 0 Å². The fraction of sp³-hybridized carbons (Fsp3) is 0.300. The molecule has 0 unspecified atom stereocenters. The highest BCUT2D eigenvalue weighted by atomic mass is 16.3. The topological polar surface area (TPSA) is 63.3 Å². The van der Waals surface area contributed by atoms with E-state index in [-0.39, 0.29) is 11.5 Å². The molecule has 3 nitrogen and oxygen atoms in total. The Morgan fingerprint density at radius 3 is 2.46 bits per heavy atom. The molecule has 0 aromatic heterocycles. The average Bonchev–Trinajstić information content (AvgIpc) is 2.09. The van der Waals surface area contributed by atoms with Crippen LogP contribution in [0, 0.1) is 0 Å². The number of ketones is 1. The molecule has 3 N–H and O–H groups in total. The molecule has 0 atom stereocenters. The Balaban J connectivity index is 2.54. The number of carbonyl (C=O) groups is 1. The summed E-state index contributed by atoms with van der Waals surface area (Å²) in [5, 5.41) is 8.99. The molecule has 1 aromatic carbocycles. The second-order valence-electron chi connectivity index (χ2n) is 2.92. The van der Waals surface area contributed by atoms with Crippen molar-refractivity contribution in [1.82, 2.24) is 0 Å². The van der Waals surface area contributed by atoms with Crippen LogP contribution in [-0.2, 0) is 11.2 Å². The zero-order valence-electron chi connectivity index (χ0n) is 7.36. The molecule has 70 valence electrons.